The summed E-state index contributed by atoms with van der Waals surface area (Å²) in [6.45, 7) is 1.68. The standard InChI is InChI=1S/C12H11N3O4/c1-2-19-12(18)11(17)5-10(16)8-6-14-15-4-3-13-7-9(8)15/h3-4,6-7H,2,5H2,1H3. The second-order valence-electron chi connectivity index (χ2n) is 3.71. The third-order valence-corrected chi connectivity index (χ3v) is 2.45. The minimum Gasteiger partial charge on any atom is -0.460 e. The molecule has 0 fully saturated rings. The van der Waals surface area contributed by atoms with Crippen molar-refractivity contribution in [3.8, 4) is 0 Å². The zero-order valence-corrected chi connectivity index (χ0v) is 10.2. The van der Waals surface area contributed by atoms with Gasteiger partial charge in [-0.3, -0.25) is 14.6 Å². The van der Waals surface area contributed by atoms with Gasteiger partial charge in [0.25, 0.3) is 0 Å². The van der Waals surface area contributed by atoms with Crippen LogP contribution in [0.2, 0.25) is 0 Å². The van der Waals surface area contributed by atoms with E-state index in [1.807, 2.05) is 0 Å². The maximum Gasteiger partial charge on any atom is 0.375 e. The number of ketones is 2. The normalized spacial score (nSPS) is 10.4. The first-order valence-electron chi connectivity index (χ1n) is 5.64. The van der Waals surface area contributed by atoms with Crippen molar-refractivity contribution in [2.75, 3.05) is 6.61 Å². The fourth-order valence-electron chi connectivity index (χ4n) is 1.57. The number of carbonyl (C=O) groups excluding carboxylic acids is 3. The third kappa shape index (κ3) is 2.65. The molecule has 0 aliphatic rings. The predicted molar refractivity (Wildman–Crippen MR) is 63.6 cm³/mol. The van der Waals surface area contributed by atoms with E-state index in [1.54, 1.807) is 13.1 Å². The number of Topliss-reactive ketones (excluding diaryl/α,β-unsaturated/α-hetero) is 2. The Bertz CT molecular complexity index is 647. The molecule has 0 unspecified atom stereocenters. The molecule has 0 N–H and O–H groups in total. The van der Waals surface area contributed by atoms with Crippen LogP contribution in [0.4, 0.5) is 0 Å². The Morgan fingerprint density at radius 1 is 1.32 bits per heavy atom. The van der Waals surface area contributed by atoms with Crippen LogP contribution in [0.15, 0.2) is 24.8 Å². The molecule has 0 atom stereocenters. The highest BCUT2D eigenvalue weighted by Crippen LogP contribution is 2.11. The van der Waals surface area contributed by atoms with Crippen LogP contribution in [0, 0.1) is 0 Å². The van der Waals surface area contributed by atoms with Crippen LogP contribution in [0.5, 0.6) is 0 Å². The van der Waals surface area contributed by atoms with Gasteiger partial charge in [0.05, 0.1) is 36.5 Å². The molecule has 0 radical (unpaired) electrons. The SMILES string of the molecule is CCOC(=O)C(=O)CC(=O)c1cnn2ccncc12. The van der Waals surface area contributed by atoms with Gasteiger partial charge in [-0.05, 0) is 6.92 Å². The van der Waals surface area contributed by atoms with Crippen LogP contribution in [-0.4, -0.2) is 38.7 Å². The summed E-state index contributed by atoms with van der Waals surface area (Å²) < 4.78 is 6.00. The number of hydrogen-bond acceptors (Lipinski definition) is 6. The van der Waals surface area contributed by atoms with Crippen molar-refractivity contribution in [3.63, 3.8) is 0 Å². The van der Waals surface area contributed by atoms with Crippen molar-refractivity contribution < 1.29 is 19.1 Å². The topological polar surface area (TPSA) is 90.6 Å². The number of aromatic nitrogens is 3. The minimum atomic E-state index is -0.995. The summed E-state index contributed by atoms with van der Waals surface area (Å²) in [5.74, 6) is -2.35. The number of nitrogens with zero attached hydrogens (tertiary/aromatic N) is 3. The third-order valence-electron chi connectivity index (χ3n) is 2.45. The van der Waals surface area contributed by atoms with E-state index in [-0.39, 0.29) is 12.2 Å². The molecule has 0 spiro atoms. The van der Waals surface area contributed by atoms with Gasteiger partial charge in [0.1, 0.15) is 0 Å². The molecule has 0 saturated heterocycles. The zero-order chi connectivity index (χ0) is 13.8. The Kier molecular flexibility index (Phi) is 3.65. The lowest BCUT2D eigenvalue weighted by Gasteiger charge is -2.00. The molecule has 7 heteroatoms. The minimum absolute atomic E-state index is 0.0966. The fraction of sp³-hybridized carbons (Fsp3) is 0.250. The molecule has 2 aromatic heterocycles. The molecule has 0 amide bonds. The van der Waals surface area contributed by atoms with Gasteiger partial charge in [-0.15, -0.1) is 0 Å². The van der Waals surface area contributed by atoms with Crippen LogP contribution >= 0.6 is 0 Å². The summed E-state index contributed by atoms with van der Waals surface area (Å²) in [6.07, 6.45) is 5.39. The van der Waals surface area contributed by atoms with Gasteiger partial charge < -0.3 is 4.74 Å². The Morgan fingerprint density at radius 2 is 2.11 bits per heavy atom. The van der Waals surface area contributed by atoms with E-state index in [1.165, 1.54) is 23.1 Å². The lowest BCUT2D eigenvalue weighted by Crippen LogP contribution is -2.20. The van der Waals surface area contributed by atoms with Crippen molar-refractivity contribution in [1.29, 1.82) is 0 Å². The maximum absolute atomic E-state index is 11.9. The molecule has 0 aliphatic heterocycles. The van der Waals surface area contributed by atoms with E-state index in [2.05, 4.69) is 14.8 Å². The largest absolute Gasteiger partial charge is 0.460 e. The van der Waals surface area contributed by atoms with Gasteiger partial charge in [-0.25, -0.2) is 9.31 Å². The average molecular weight is 261 g/mol. The first kappa shape index (κ1) is 12.9. The van der Waals surface area contributed by atoms with Gasteiger partial charge in [-0.2, -0.15) is 5.10 Å². The first-order valence-corrected chi connectivity index (χ1v) is 5.64. The van der Waals surface area contributed by atoms with Crippen LogP contribution in [-0.2, 0) is 14.3 Å². The number of fused-ring (bicyclic) bond motifs is 1. The highest BCUT2D eigenvalue weighted by Gasteiger charge is 2.22. The van der Waals surface area contributed by atoms with Crippen LogP contribution in [0.25, 0.3) is 5.52 Å². The van der Waals surface area contributed by atoms with Gasteiger partial charge in [0.15, 0.2) is 5.78 Å². The summed E-state index contributed by atoms with van der Waals surface area (Å²) in [5.41, 5.74) is 0.745. The smallest absolute Gasteiger partial charge is 0.375 e. The number of carbonyl (C=O) groups is 3. The molecule has 7 nitrogen and oxygen atoms in total. The second-order valence-corrected chi connectivity index (χ2v) is 3.71. The number of hydrogen-bond donors (Lipinski definition) is 0. The van der Waals surface area contributed by atoms with E-state index < -0.39 is 24.0 Å². The molecular weight excluding hydrogens is 250 g/mol. The monoisotopic (exact) mass is 261 g/mol. The number of rotatable bonds is 5. The van der Waals surface area contributed by atoms with Gasteiger partial charge in [-0.1, -0.05) is 0 Å². The molecule has 2 rings (SSSR count). The van der Waals surface area contributed by atoms with Gasteiger partial charge in [0.2, 0.25) is 5.78 Å². The first-order chi connectivity index (χ1) is 9.13. The van der Waals surface area contributed by atoms with Crippen LogP contribution < -0.4 is 0 Å². The Balaban J connectivity index is 2.16. The lowest BCUT2D eigenvalue weighted by atomic mass is 10.1. The van der Waals surface area contributed by atoms with Crippen LogP contribution in [0.3, 0.4) is 0 Å². The summed E-state index contributed by atoms with van der Waals surface area (Å²) in [7, 11) is 0. The Hall–Kier alpha value is -2.57. The number of esters is 1. The zero-order valence-electron chi connectivity index (χ0n) is 10.2. The average Bonchev–Trinajstić information content (AvgIpc) is 2.82. The van der Waals surface area contributed by atoms with E-state index in [0.717, 1.165) is 0 Å². The van der Waals surface area contributed by atoms with Crippen LogP contribution in [0.1, 0.15) is 23.7 Å². The second kappa shape index (κ2) is 5.38. The van der Waals surface area contributed by atoms with Crippen molar-refractivity contribution >= 4 is 23.1 Å². The van der Waals surface area contributed by atoms with E-state index in [4.69, 9.17) is 0 Å². The molecular formula is C12H11N3O4. The molecule has 98 valence electrons. The molecule has 2 heterocycles. The summed E-state index contributed by atoms with van der Waals surface area (Å²) in [5, 5.41) is 3.96. The van der Waals surface area contributed by atoms with E-state index in [0.29, 0.717) is 5.52 Å². The maximum atomic E-state index is 11.9. The van der Waals surface area contributed by atoms with Crippen molar-refractivity contribution in [1.82, 2.24) is 14.6 Å². The quantitative estimate of drug-likeness (QED) is 0.335. The molecule has 2 aromatic rings. The molecule has 0 aliphatic carbocycles. The lowest BCUT2D eigenvalue weighted by molar-refractivity contribution is -0.153. The molecule has 0 aromatic carbocycles. The fourth-order valence-corrected chi connectivity index (χ4v) is 1.57. The molecule has 0 saturated carbocycles. The predicted octanol–water partition coefficient (Wildman–Crippen LogP) is 0.434. The highest BCUT2D eigenvalue weighted by atomic mass is 16.5. The summed E-state index contributed by atoms with van der Waals surface area (Å²) in [6, 6.07) is 0. The Labute approximate surface area is 108 Å². The van der Waals surface area contributed by atoms with Gasteiger partial charge in [0, 0.05) is 12.4 Å². The highest BCUT2D eigenvalue weighted by molar-refractivity contribution is 6.38. The van der Waals surface area contributed by atoms with Crippen molar-refractivity contribution in [3.05, 3.63) is 30.4 Å². The number of ether oxygens (including phenoxy) is 1. The Morgan fingerprint density at radius 3 is 2.84 bits per heavy atom. The van der Waals surface area contributed by atoms with Crippen molar-refractivity contribution in [2.24, 2.45) is 0 Å². The summed E-state index contributed by atoms with van der Waals surface area (Å²) in [4.78, 5) is 38.4. The molecule has 19 heavy (non-hydrogen) atoms. The molecule has 0 bridgehead atoms. The van der Waals surface area contributed by atoms with E-state index >= 15 is 0 Å². The summed E-state index contributed by atoms with van der Waals surface area (Å²) >= 11 is 0. The van der Waals surface area contributed by atoms with Crippen molar-refractivity contribution in [2.45, 2.75) is 13.3 Å². The van der Waals surface area contributed by atoms with E-state index in [9.17, 15) is 14.4 Å². The van der Waals surface area contributed by atoms with Gasteiger partial charge >= 0.3 is 5.97 Å².